The molecule has 106 valence electrons. The molecule has 0 saturated carbocycles. The number of aryl methyl sites for hydroxylation is 1. The lowest BCUT2D eigenvalue weighted by Crippen LogP contribution is -2.37. The second-order valence-electron chi connectivity index (χ2n) is 4.66. The minimum Gasteiger partial charge on any atom is -0.348 e. The zero-order chi connectivity index (χ0) is 14.6. The molecule has 0 aliphatic heterocycles. The summed E-state index contributed by atoms with van der Waals surface area (Å²) < 4.78 is 22.3. The molecule has 19 heavy (non-hydrogen) atoms. The molecule has 0 aliphatic carbocycles. The van der Waals surface area contributed by atoms with Gasteiger partial charge in [0.2, 0.25) is 0 Å². The Kier molecular flexibility index (Phi) is 4.90. The topological polar surface area (TPSA) is 101 Å². The van der Waals surface area contributed by atoms with Crippen LogP contribution in [-0.4, -0.2) is 32.4 Å². The zero-order valence-electron chi connectivity index (χ0n) is 11.2. The maximum Gasteiger partial charge on any atom is 0.253 e. The van der Waals surface area contributed by atoms with Crippen molar-refractivity contribution in [2.75, 3.05) is 17.4 Å². The average Bonchev–Trinajstić information content (AvgIpc) is 2.25. The summed E-state index contributed by atoms with van der Waals surface area (Å²) in [6, 6.07) is 4.72. The van der Waals surface area contributed by atoms with E-state index in [-0.39, 0.29) is 11.7 Å². The largest absolute Gasteiger partial charge is 0.348 e. The molecule has 1 amide bonds. The van der Waals surface area contributed by atoms with Crippen molar-refractivity contribution in [1.82, 2.24) is 5.32 Å². The first kappa shape index (κ1) is 15.5. The van der Waals surface area contributed by atoms with Crippen molar-refractivity contribution in [3.63, 3.8) is 0 Å². The second kappa shape index (κ2) is 6.03. The third-order valence-electron chi connectivity index (χ3n) is 2.51. The number of nitrogen functional groups attached to an aromatic ring is 1. The summed E-state index contributed by atoms with van der Waals surface area (Å²) in [7, 11) is -3.13. The standard InChI is InChI=1S/C12H19N3O3S/c1-8-4-5-10(11(6-8)15-13)12(16)14-9(2)7-19(3,17)18/h4-6,9,15H,7,13H2,1-3H3,(H,14,16). The summed E-state index contributed by atoms with van der Waals surface area (Å²) in [5, 5.41) is 2.63. The zero-order valence-corrected chi connectivity index (χ0v) is 12.0. The van der Waals surface area contributed by atoms with Crippen LogP contribution in [0.1, 0.15) is 22.8 Å². The summed E-state index contributed by atoms with van der Waals surface area (Å²) in [6.07, 6.45) is 1.13. The van der Waals surface area contributed by atoms with E-state index < -0.39 is 15.9 Å². The van der Waals surface area contributed by atoms with Crippen LogP contribution in [0.25, 0.3) is 0 Å². The molecule has 0 aromatic heterocycles. The molecular weight excluding hydrogens is 266 g/mol. The number of benzene rings is 1. The molecule has 6 nitrogen and oxygen atoms in total. The lowest BCUT2D eigenvalue weighted by molar-refractivity contribution is 0.0944. The molecule has 1 atom stereocenters. The SMILES string of the molecule is Cc1ccc(C(=O)NC(C)CS(C)(=O)=O)c(NN)c1. The number of carbonyl (C=O) groups excluding carboxylic acids is 1. The highest BCUT2D eigenvalue weighted by atomic mass is 32.2. The number of nitrogens with one attached hydrogen (secondary N) is 2. The molecule has 1 unspecified atom stereocenters. The molecule has 1 rings (SSSR count). The Morgan fingerprint density at radius 3 is 2.58 bits per heavy atom. The molecule has 0 spiro atoms. The maximum atomic E-state index is 12.0. The number of hydrogen-bond donors (Lipinski definition) is 3. The van der Waals surface area contributed by atoms with Crippen molar-refractivity contribution in [3.05, 3.63) is 29.3 Å². The predicted octanol–water partition coefficient (Wildman–Crippen LogP) is 0.444. The van der Waals surface area contributed by atoms with Crippen LogP contribution in [0.5, 0.6) is 0 Å². The molecule has 1 aromatic carbocycles. The van der Waals surface area contributed by atoms with Crippen molar-refractivity contribution in [2.45, 2.75) is 19.9 Å². The molecule has 7 heteroatoms. The number of sulfone groups is 1. The van der Waals surface area contributed by atoms with Crippen LogP contribution in [0, 0.1) is 6.92 Å². The normalized spacial score (nSPS) is 12.8. The summed E-state index contributed by atoms with van der Waals surface area (Å²) in [4.78, 5) is 12.0. The smallest absolute Gasteiger partial charge is 0.253 e. The number of nitrogens with two attached hydrogens (primary N) is 1. The van der Waals surface area contributed by atoms with E-state index in [0.29, 0.717) is 11.3 Å². The number of rotatable bonds is 5. The van der Waals surface area contributed by atoms with Gasteiger partial charge in [-0.3, -0.25) is 10.6 Å². The van der Waals surface area contributed by atoms with Crippen molar-refractivity contribution >= 4 is 21.4 Å². The van der Waals surface area contributed by atoms with Crippen LogP contribution in [-0.2, 0) is 9.84 Å². The predicted molar refractivity (Wildman–Crippen MR) is 75.6 cm³/mol. The molecule has 4 N–H and O–H groups in total. The fourth-order valence-corrected chi connectivity index (χ4v) is 2.76. The van der Waals surface area contributed by atoms with Crippen LogP contribution in [0.2, 0.25) is 0 Å². The van der Waals surface area contributed by atoms with Gasteiger partial charge in [-0.25, -0.2) is 8.42 Å². The Bertz CT molecular complexity index is 570. The van der Waals surface area contributed by atoms with Crippen LogP contribution in [0.15, 0.2) is 18.2 Å². The third-order valence-corrected chi connectivity index (χ3v) is 3.61. The lowest BCUT2D eigenvalue weighted by Gasteiger charge is -2.15. The minimum atomic E-state index is -3.13. The number of anilines is 1. The van der Waals surface area contributed by atoms with Gasteiger partial charge in [-0.1, -0.05) is 6.07 Å². The highest BCUT2D eigenvalue weighted by molar-refractivity contribution is 7.90. The van der Waals surface area contributed by atoms with Gasteiger partial charge in [0, 0.05) is 12.3 Å². The van der Waals surface area contributed by atoms with Crippen molar-refractivity contribution in [2.24, 2.45) is 5.84 Å². The van der Waals surface area contributed by atoms with Gasteiger partial charge in [0.1, 0.15) is 9.84 Å². The molecule has 0 fully saturated rings. The third kappa shape index (κ3) is 4.88. The van der Waals surface area contributed by atoms with Crippen LogP contribution >= 0.6 is 0 Å². The van der Waals surface area contributed by atoms with Gasteiger partial charge in [-0.15, -0.1) is 0 Å². The highest BCUT2D eigenvalue weighted by Gasteiger charge is 2.16. The van der Waals surface area contributed by atoms with E-state index in [9.17, 15) is 13.2 Å². The van der Waals surface area contributed by atoms with E-state index >= 15 is 0 Å². The Labute approximate surface area is 113 Å². The Balaban J connectivity index is 2.84. The fraction of sp³-hybridized carbons (Fsp3) is 0.417. The minimum absolute atomic E-state index is 0.101. The molecule has 0 saturated heterocycles. The average molecular weight is 285 g/mol. The van der Waals surface area contributed by atoms with Crippen molar-refractivity contribution in [1.29, 1.82) is 0 Å². The summed E-state index contributed by atoms with van der Waals surface area (Å²) in [5.74, 6) is 4.91. The molecule has 0 aliphatic rings. The maximum absolute atomic E-state index is 12.0. The van der Waals surface area contributed by atoms with Crippen molar-refractivity contribution < 1.29 is 13.2 Å². The van der Waals surface area contributed by atoms with E-state index in [1.54, 1.807) is 25.1 Å². The number of hydrazine groups is 1. The van der Waals surface area contributed by atoms with E-state index in [1.807, 2.05) is 6.92 Å². The molecular formula is C12H19N3O3S. The Hall–Kier alpha value is -1.60. The molecule has 0 radical (unpaired) electrons. The number of carbonyl (C=O) groups is 1. The van der Waals surface area contributed by atoms with Gasteiger partial charge in [0.25, 0.3) is 5.91 Å². The quantitative estimate of drug-likeness (QED) is 0.538. The van der Waals surface area contributed by atoms with Crippen LogP contribution in [0.3, 0.4) is 0 Å². The number of amides is 1. The Morgan fingerprint density at radius 1 is 1.42 bits per heavy atom. The Morgan fingerprint density at radius 2 is 2.05 bits per heavy atom. The van der Waals surface area contributed by atoms with Gasteiger partial charge in [0.15, 0.2) is 0 Å². The van der Waals surface area contributed by atoms with Gasteiger partial charge in [0.05, 0.1) is 17.0 Å². The second-order valence-corrected chi connectivity index (χ2v) is 6.85. The summed E-state index contributed by atoms with van der Waals surface area (Å²) in [6.45, 7) is 3.53. The van der Waals surface area contributed by atoms with E-state index in [4.69, 9.17) is 5.84 Å². The van der Waals surface area contributed by atoms with Gasteiger partial charge >= 0.3 is 0 Å². The lowest BCUT2D eigenvalue weighted by atomic mass is 10.1. The van der Waals surface area contributed by atoms with Gasteiger partial charge < -0.3 is 10.7 Å². The summed E-state index contributed by atoms with van der Waals surface area (Å²) in [5.41, 5.74) is 4.31. The molecule has 0 bridgehead atoms. The van der Waals surface area contributed by atoms with E-state index in [0.717, 1.165) is 11.8 Å². The number of hydrogen-bond acceptors (Lipinski definition) is 5. The first-order valence-corrected chi connectivity index (χ1v) is 7.85. The monoisotopic (exact) mass is 285 g/mol. The first-order valence-electron chi connectivity index (χ1n) is 5.79. The highest BCUT2D eigenvalue weighted by Crippen LogP contribution is 2.16. The van der Waals surface area contributed by atoms with Crippen LogP contribution in [0.4, 0.5) is 5.69 Å². The molecule has 1 aromatic rings. The fourth-order valence-electron chi connectivity index (χ4n) is 1.77. The van der Waals surface area contributed by atoms with E-state index in [2.05, 4.69) is 10.7 Å². The van der Waals surface area contributed by atoms with E-state index in [1.165, 1.54) is 0 Å². The van der Waals surface area contributed by atoms with Gasteiger partial charge in [-0.05, 0) is 31.5 Å². The van der Waals surface area contributed by atoms with Crippen LogP contribution < -0.4 is 16.6 Å². The molecule has 0 heterocycles. The van der Waals surface area contributed by atoms with Crippen molar-refractivity contribution in [3.8, 4) is 0 Å². The summed E-state index contributed by atoms with van der Waals surface area (Å²) >= 11 is 0. The van der Waals surface area contributed by atoms with Gasteiger partial charge in [-0.2, -0.15) is 0 Å². The first-order chi connectivity index (χ1) is 8.73.